The van der Waals surface area contributed by atoms with E-state index in [4.69, 9.17) is 33.2 Å². The molecule has 7 rings (SSSR count). The van der Waals surface area contributed by atoms with Gasteiger partial charge in [-0.2, -0.15) is 0 Å². The highest BCUT2D eigenvalue weighted by molar-refractivity contribution is 6.35. The summed E-state index contributed by atoms with van der Waals surface area (Å²) in [6, 6.07) is 11.9. The minimum absolute atomic E-state index is 0.0631. The summed E-state index contributed by atoms with van der Waals surface area (Å²) < 4.78 is 1.69. The second-order valence-corrected chi connectivity index (χ2v) is 14.2. The molecule has 1 aromatic heterocycles. The molecule has 4 aliphatic rings. The fourth-order valence-electron chi connectivity index (χ4n) is 7.53. The van der Waals surface area contributed by atoms with Crippen LogP contribution in [0, 0.1) is 23.2 Å². The van der Waals surface area contributed by atoms with Crippen LogP contribution in [0.2, 0.25) is 10.0 Å². The summed E-state index contributed by atoms with van der Waals surface area (Å²) in [7, 11) is 0. The first-order chi connectivity index (χ1) is 20.0. The molecule has 2 N–H and O–H groups in total. The van der Waals surface area contributed by atoms with Crippen LogP contribution in [-0.2, 0) is 6.42 Å². The first-order valence-electron chi connectivity index (χ1n) is 15.3. The SMILES string of the molecule is C[C@@H]1C(N=C(Nc2ccc3c(=O)n([C@H](C)Cc4ccc(Cl)cc4Cl)cnc3c2)N2CCN[C@@H](C)C2)C[C@@H]2C[C@H]1C2(C)C. The average molecular weight is 610 g/mol. The molecular formula is C33H42Cl2N6O. The van der Waals surface area contributed by atoms with Crippen LogP contribution >= 0.6 is 23.2 Å². The third-order valence-electron chi connectivity index (χ3n) is 10.3. The summed E-state index contributed by atoms with van der Waals surface area (Å²) >= 11 is 12.5. The van der Waals surface area contributed by atoms with Crippen molar-refractivity contribution in [1.29, 1.82) is 0 Å². The van der Waals surface area contributed by atoms with Crippen molar-refractivity contribution in [2.45, 2.75) is 72.0 Å². The molecule has 9 heteroatoms. The van der Waals surface area contributed by atoms with Gasteiger partial charge in [-0.1, -0.05) is 50.0 Å². The standard InChI is InChI=1S/C33H42Cl2N6O/c1-19-17-40(11-10-36-19)32(39-29-14-23-13-27(21(29)3)33(23,4)5)38-25-8-9-26-30(16-25)37-18-41(31(26)42)20(2)12-22-6-7-24(34)15-28(22)35/h6-9,15-16,18-21,23,27,29,36H,10-14,17H2,1-5H3,(H,38,39)/t19-,20+,21-,23-,27+,29?/m0/s1. The number of nitrogens with one attached hydrogen (secondary N) is 2. The Hall–Kier alpha value is -2.61. The zero-order chi connectivity index (χ0) is 29.8. The van der Waals surface area contributed by atoms with Crippen LogP contribution in [0.1, 0.15) is 59.1 Å². The van der Waals surface area contributed by atoms with E-state index in [9.17, 15) is 4.79 Å². The van der Waals surface area contributed by atoms with E-state index in [1.54, 1.807) is 17.0 Å². The zero-order valence-electron chi connectivity index (χ0n) is 25.2. The van der Waals surface area contributed by atoms with Crippen LogP contribution in [0.3, 0.4) is 0 Å². The van der Waals surface area contributed by atoms with Gasteiger partial charge in [0.1, 0.15) is 0 Å². The lowest BCUT2D eigenvalue weighted by Crippen LogP contribution is -2.57. The summed E-state index contributed by atoms with van der Waals surface area (Å²) in [6.07, 6.45) is 4.74. The smallest absolute Gasteiger partial charge is 0.261 e. The van der Waals surface area contributed by atoms with E-state index in [0.717, 1.165) is 55.1 Å². The summed E-state index contributed by atoms with van der Waals surface area (Å²) in [5.74, 6) is 2.98. The van der Waals surface area contributed by atoms with Crippen molar-refractivity contribution < 1.29 is 0 Å². The number of nitrogens with zero attached hydrogens (tertiary/aromatic N) is 4. The molecule has 0 amide bonds. The van der Waals surface area contributed by atoms with Crippen molar-refractivity contribution in [3.63, 3.8) is 0 Å². The van der Waals surface area contributed by atoms with Crippen LogP contribution in [0.25, 0.3) is 10.9 Å². The fourth-order valence-corrected chi connectivity index (χ4v) is 8.01. The number of rotatable bonds is 5. The lowest BCUT2D eigenvalue weighted by Gasteiger charge is -2.61. The van der Waals surface area contributed by atoms with E-state index in [-0.39, 0.29) is 11.6 Å². The Kier molecular flexibility index (Phi) is 8.05. The van der Waals surface area contributed by atoms with Crippen LogP contribution in [-0.4, -0.2) is 52.1 Å². The van der Waals surface area contributed by atoms with E-state index in [2.05, 4.69) is 43.2 Å². The van der Waals surface area contributed by atoms with Gasteiger partial charge in [-0.15, -0.1) is 0 Å². The van der Waals surface area contributed by atoms with Gasteiger partial charge in [0.2, 0.25) is 0 Å². The van der Waals surface area contributed by atoms with Gasteiger partial charge in [-0.05, 0) is 92.2 Å². The van der Waals surface area contributed by atoms with Gasteiger partial charge in [0.25, 0.3) is 5.56 Å². The molecule has 0 spiro atoms. The Morgan fingerprint density at radius 3 is 2.71 bits per heavy atom. The number of guanidine groups is 1. The normalized spacial score (nSPS) is 27.9. The molecule has 0 radical (unpaired) electrons. The minimum Gasteiger partial charge on any atom is -0.340 e. The van der Waals surface area contributed by atoms with Gasteiger partial charge in [0, 0.05) is 47.5 Å². The Labute approximate surface area is 258 Å². The summed E-state index contributed by atoms with van der Waals surface area (Å²) in [5.41, 5.74) is 2.87. The van der Waals surface area contributed by atoms with E-state index in [0.29, 0.717) is 50.8 Å². The molecule has 1 unspecified atom stereocenters. The van der Waals surface area contributed by atoms with Crippen LogP contribution in [0.4, 0.5) is 5.69 Å². The molecule has 1 aliphatic heterocycles. The third-order valence-corrected chi connectivity index (χ3v) is 10.9. The first-order valence-corrected chi connectivity index (χ1v) is 16.0. The Bertz CT molecular complexity index is 1570. The lowest BCUT2D eigenvalue weighted by atomic mass is 9.45. The van der Waals surface area contributed by atoms with Crippen LogP contribution < -0.4 is 16.2 Å². The molecule has 2 aromatic carbocycles. The predicted molar refractivity (Wildman–Crippen MR) is 174 cm³/mol. The number of aliphatic imine (C=N–C) groups is 1. The van der Waals surface area contributed by atoms with Gasteiger partial charge in [0.15, 0.2) is 5.96 Å². The second-order valence-electron chi connectivity index (χ2n) is 13.4. The van der Waals surface area contributed by atoms with Gasteiger partial charge in [0.05, 0.1) is 23.3 Å². The monoisotopic (exact) mass is 608 g/mol. The number of hydrogen-bond acceptors (Lipinski definition) is 4. The van der Waals surface area contributed by atoms with E-state index in [1.165, 1.54) is 6.42 Å². The number of anilines is 1. The number of halogens is 2. The maximum Gasteiger partial charge on any atom is 0.261 e. The van der Waals surface area contributed by atoms with Crippen molar-refractivity contribution >= 4 is 45.8 Å². The summed E-state index contributed by atoms with van der Waals surface area (Å²) in [6.45, 7) is 14.2. The van der Waals surface area contributed by atoms with Crippen molar-refractivity contribution in [2.24, 2.45) is 28.2 Å². The molecule has 1 saturated heterocycles. The van der Waals surface area contributed by atoms with E-state index >= 15 is 0 Å². The summed E-state index contributed by atoms with van der Waals surface area (Å²) in [5, 5.41) is 8.99. The van der Waals surface area contributed by atoms with Gasteiger partial charge < -0.3 is 15.5 Å². The zero-order valence-corrected chi connectivity index (χ0v) is 26.7. The number of fused-ring (bicyclic) bond motifs is 3. The molecule has 7 nitrogen and oxygen atoms in total. The Morgan fingerprint density at radius 2 is 2.00 bits per heavy atom. The maximum atomic E-state index is 13.5. The molecule has 3 aliphatic carbocycles. The largest absolute Gasteiger partial charge is 0.340 e. The van der Waals surface area contributed by atoms with Gasteiger partial charge in [-0.25, -0.2) is 9.98 Å². The molecule has 3 aromatic rings. The number of piperazine rings is 1. The molecule has 6 atom stereocenters. The van der Waals surface area contributed by atoms with Gasteiger partial charge >= 0.3 is 0 Å². The molecule has 42 heavy (non-hydrogen) atoms. The van der Waals surface area contributed by atoms with E-state index in [1.807, 2.05) is 37.3 Å². The lowest BCUT2D eigenvalue weighted by molar-refractivity contribution is -0.108. The van der Waals surface area contributed by atoms with Crippen molar-refractivity contribution in [3.8, 4) is 0 Å². The third kappa shape index (κ3) is 5.56. The number of benzene rings is 2. The second kappa shape index (κ2) is 11.5. The highest BCUT2D eigenvalue weighted by Crippen LogP contribution is 2.61. The van der Waals surface area contributed by atoms with Crippen molar-refractivity contribution in [2.75, 3.05) is 25.0 Å². The Morgan fingerprint density at radius 1 is 1.19 bits per heavy atom. The highest BCUT2D eigenvalue weighted by atomic mass is 35.5. The molecule has 3 saturated carbocycles. The minimum atomic E-state index is -0.118. The van der Waals surface area contributed by atoms with Gasteiger partial charge in [-0.3, -0.25) is 9.36 Å². The van der Waals surface area contributed by atoms with E-state index < -0.39 is 0 Å². The molecule has 2 bridgehead atoms. The fraction of sp³-hybridized carbons (Fsp3) is 0.545. The number of aromatic nitrogens is 2. The van der Waals surface area contributed by atoms with Crippen molar-refractivity contribution in [1.82, 2.24) is 19.8 Å². The van der Waals surface area contributed by atoms with Crippen LogP contribution in [0.15, 0.2) is 52.5 Å². The molecule has 224 valence electrons. The average Bonchev–Trinajstić information content (AvgIpc) is 2.95. The summed E-state index contributed by atoms with van der Waals surface area (Å²) in [4.78, 5) is 26.0. The maximum absolute atomic E-state index is 13.5. The Balaban J connectivity index is 1.25. The van der Waals surface area contributed by atoms with Crippen LogP contribution in [0.5, 0.6) is 0 Å². The molecule has 4 fully saturated rings. The predicted octanol–water partition coefficient (Wildman–Crippen LogP) is 6.64. The first kappa shape index (κ1) is 29.5. The quantitative estimate of drug-likeness (QED) is 0.251. The molecular weight excluding hydrogens is 567 g/mol. The highest BCUT2D eigenvalue weighted by Gasteiger charge is 2.56. The topological polar surface area (TPSA) is 74.5 Å². The molecule has 2 heterocycles. The van der Waals surface area contributed by atoms with Crippen molar-refractivity contribution in [3.05, 3.63) is 68.7 Å². The number of hydrogen-bond donors (Lipinski definition) is 2.